The molecule has 124 valence electrons. The second kappa shape index (κ2) is 8.12. The molecule has 1 aliphatic heterocycles. The van der Waals surface area contributed by atoms with Gasteiger partial charge < -0.3 is 15.4 Å². The molecule has 2 heterocycles. The van der Waals surface area contributed by atoms with Gasteiger partial charge in [0.25, 0.3) is 0 Å². The summed E-state index contributed by atoms with van der Waals surface area (Å²) < 4.78 is 7.43. The van der Waals surface area contributed by atoms with Crippen LogP contribution in [0, 0.1) is 6.92 Å². The van der Waals surface area contributed by atoms with E-state index in [2.05, 4.69) is 17.1 Å². The molecule has 0 bridgehead atoms. The molecule has 0 aliphatic carbocycles. The summed E-state index contributed by atoms with van der Waals surface area (Å²) in [5, 5.41) is 7.90. The van der Waals surface area contributed by atoms with Gasteiger partial charge in [-0.1, -0.05) is 19.8 Å². The van der Waals surface area contributed by atoms with E-state index >= 15 is 0 Å². The van der Waals surface area contributed by atoms with E-state index in [0.29, 0.717) is 12.6 Å². The van der Waals surface area contributed by atoms with Crippen molar-refractivity contribution >= 4 is 11.9 Å². The molecule has 2 rings (SSSR count). The summed E-state index contributed by atoms with van der Waals surface area (Å²) >= 11 is 0. The van der Waals surface area contributed by atoms with E-state index in [1.165, 1.54) is 0 Å². The number of carbonyl (C=O) groups excluding carboxylic acids is 1. The molecule has 0 saturated carbocycles. The zero-order valence-corrected chi connectivity index (χ0v) is 13.6. The van der Waals surface area contributed by atoms with E-state index in [9.17, 15) is 4.79 Å². The summed E-state index contributed by atoms with van der Waals surface area (Å²) in [5.41, 5.74) is 5.86. The van der Waals surface area contributed by atoms with Gasteiger partial charge in [0.05, 0.1) is 0 Å². The van der Waals surface area contributed by atoms with Crippen molar-refractivity contribution in [3.05, 3.63) is 5.82 Å². The first kappa shape index (κ1) is 16.7. The number of anilines is 1. The molecule has 2 N–H and O–H groups in total. The van der Waals surface area contributed by atoms with Gasteiger partial charge in [0, 0.05) is 25.7 Å². The van der Waals surface area contributed by atoms with E-state index in [1.807, 2.05) is 16.4 Å². The molecule has 0 atom stereocenters. The number of carbonyl (C=O) groups is 1. The Hall–Kier alpha value is -1.63. The molecular weight excluding hydrogens is 282 g/mol. The monoisotopic (exact) mass is 309 g/mol. The molecule has 1 aromatic heterocycles. The molecule has 1 fully saturated rings. The third-order valence-corrected chi connectivity index (χ3v) is 4.19. The van der Waals surface area contributed by atoms with Crippen molar-refractivity contribution in [2.75, 3.05) is 32.0 Å². The van der Waals surface area contributed by atoms with Gasteiger partial charge in [-0.15, -0.1) is 10.2 Å². The van der Waals surface area contributed by atoms with Crippen LogP contribution in [0.4, 0.5) is 5.95 Å². The molecule has 0 aromatic carbocycles. The van der Waals surface area contributed by atoms with Crippen molar-refractivity contribution in [1.82, 2.24) is 19.7 Å². The first-order chi connectivity index (χ1) is 10.6. The summed E-state index contributed by atoms with van der Waals surface area (Å²) in [6.07, 6.45) is 5.10. The van der Waals surface area contributed by atoms with Crippen LogP contribution in [0.25, 0.3) is 0 Å². The molecule has 1 aromatic rings. The largest absolute Gasteiger partial charge is 0.372 e. The maximum Gasteiger partial charge on any atom is 0.248 e. The van der Waals surface area contributed by atoms with E-state index in [4.69, 9.17) is 10.5 Å². The minimum Gasteiger partial charge on any atom is -0.372 e. The standard InChI is InChI=1S/C15H27N5O2/c1-3-4-5-10-22-11-14(21)19-8-6-13(7-9-19)20-12(2)17-18-15(20)16/h13H,3-11H2,1-2H3,(H2,16,18). The fraction of sp³-hybridized carbons (Fsp3) is 0.800. The zero-order valence-electron chi connectivity index (χ0n) is 13.6. The highest BCUT2D eigenvalue weighted by atomic mass is 16.5. The van der Waals surface area contributed by atoms with Crippen molar-refractivity contribution < 1.29 is 9.53 Å². The summed E-state index contributed by atoms with van der Waals surface area (Å²) in [7, 11) is 0. The van der Waals surface area contributed by atoms with Crippen LogP contribution in [0.15, 0.2) is 0 Å². The second-order valence-corrected chi connectivity index (χ2v) is 5.85. The number of aromatic nitrogens is 3. The third kappa shape index (κ3) is 4.19. The second-order valence-electron chi connectivity index (χ2n) is 5.85. The van der Waals surface area contributed by atoms with Crippen LogP contribution < -0.4 is 5.73 Å². The lowest BCUT2D eigenvalue weighted by Gasteiger charge is -2.33. The van der Waals surface area contributed by atoms with Gasteiger partial charge in [0.1, 0.15) is 12.4 Å². The van der Waals surface area contributed by atoms with E-state index in [1.54, 1.807) is 0 Å². The number of hydrogen-bond donors (Lipinski definition) is 1. The molecule has 22 heavy (non-hydrogen) atoms. The smallest absolute Gasteiger partial charge is 0.248 e. The maximum atomic E-state index is 12.1. The quantitative estimate of drug-likeness (QED) is 0.772. The molecule has 0 radical (unpaired) electrons. The first-order valence-corrected chi connectivity index (χ1v) is 8.16. The number of hydrogen-bond acceptors (Lipinski definition) is 5. The van der Waals surface area contributed by atoms with Crippen molar-refractivity contribution in [3.63, 3.8) is 0 Å². The number of nitrogens with two attached hydrogens (primary N) is 1. The van der Waals surface area contributed by atoms with Crippen molar-refractivity contribution in [2.45, 2.75) is 52.0 Å². The number of unbranched alkanes of at least 4 members (excludes halogenated alkanes) is 2. The fourth-order valence-electron chi connectivity index (χ4n) is 2.92. The summed E-state index contributed by atoms with van der Waals surface area (Å²) in [5.74, 6) is 1.38. The van der Waals surface area contributed by atoms with Crippen LogP contribution in [0.5, 0.6) is 0 Å². The molecule has 0 unspecified atom stereocenters. The van der Waals surface area contributed by atoms with Gasteiger partial charge in [-0.05, 0) is 26.2 Å². The van der Waals surface area contributed by atoms with Gasteiger partial charge in [0.2, 0.25) is 11.9 Å². The van der Waals surface area contributed by atoms with Gasteiger partial charge in [-0.2, -0.15) is 0 Å². The molecule has 7 nitrogen and oxygen atoms in total. The minimum absolute atomic E-state index is 0.0865. The van der Waals surface area contributed by atoms with Crippen LogP contribution in [0.3, 0.4) is 0 Å². The number of nitrogen functional groups attached to an aromatic ring is 1. The van der Waals surface area contributed by atoms with Crippen LogP contribution in [0.1, 0.15) is 50.9 Å². The Morgan fingerprint density at radius 1 is 1.32 bits per heavy atom. The number of likely N-dealkylation sites (tertiary alicyclic amines) is 1. The number of piperidine rings is 1. The number of ether oxygens (including phenoxy) is 1. The molecule has 1 saturated heterocycles. The van der Waals surface area contributed by atoms with Crippen molar-refractivity contribution in [2.24, 2.45) is 0 Å². The number of nitrogens with zero attached hydrogens (tertiary/aromatic N) is 4. The van der Waals surface area contributed by atoms with Crippen molar-refractivity contribution in [3.8, 4) is 0 Å². The third-order valence-electron chi connectivity index (χ3n) is 4.19. The normalized spacial score (nSPS) is 16.2. The summed E-state index contributed by atoms with van der Waals surface area (Å²) in [6, 6.07) is 0.282. The van der Waals surface area contributed by atoms with Crippen LogP contribution in [0.2, 0.25) is 0 Å². The average Bonchev–Trinajstić information content (AvgIpc) is 2.86. The topological polar surface area (TPSA) is 86.3 Å². The van der Waals surface area contributed by atoms with Gasteiger partial charge in [-0.25, -0.2) is 0 Å². The molecule has 7 heteroatoms. The minimum atomic E-state index is 0.0865. The summed E-state index contributed by atoms with van der Waals surface area (Å²) in [4.78, 5) is 14.0. The Bertz CT molecular complexity index is 461. The predicted octanol–water partition coefficient (Wildman–Crippen LogP) is 1.54. The molecule has 1 aliphatic rings. The Kier molecular flexibility index (Phi) is 6.18. The Morgan fingerprint density at radius 2 is 2.05 bits per heavy atom. The van der Waals surface area contributed by atoms with Crippen LogP contribution in [-0.2, 0) is 9.53 Å². The van der Waals surface area contributed by atoms with Gasteiger partial charge >= 0.3 is 0 Å². The van der Waals surface area contributed by atoms with E-state index < -0.39 is 0 Å². The lowest BCUT2D eigenvalue weighted by molar-refractivity contribution is -0.137. The highest BCUT2D eigenvalue weighted by Gasteiger charge is 2.26. The average molecular weight is 309 g/mol. The zero-order chi connectivity index (χ0) is 15.9. The molecule has 1 amide bonds. The Balaban J connectivity index is 1.74. The Labute approximate surface area is 131 Å². The number of rotatable bonds is 7. The van der Waals surface area contributed by atoms with Crippen molar-refractivity contribution in [1.29, 1.82) is 0 Å². The molecular formula is C15H27N5O2. The lowest BCUT2D eigenvalue weighted by Crippen LogP contribution is -2.41. The van der Waals surface area contributed by atoms with Gasteiger partial charge in [0.15, 0.2) is 0 Å². The first-order valence-electron chi connectivity index (χ1n) is 8.16. The SMILES string of the molecule is CCCCCOCC(=O)N1CCC(n2c(C)nnc2N)CC1. The van der Waals surface area contributed by atoms with E-state index in [-0.39, 0.29) is 18.6 Å². The number of aryl methyl sites for hydroxylation is 1. The van der Waals surface area contributed by atoms with E-state index in [0.717, 1.165) is 51.0 Å². The van der Waals surface area contributed by atoms with Gasteiger partial charge in [-0.3, -0.25) is 9.36 Å². The number of amides is 1. The maximum absolute atomic E-state index is 12.1. The highest BCUT2D eigenvalue weighted by molar-refractivity contribution is 5.77. The molecule has 0 spiro atoms. The highest BCUT2D eigenvalue weighted by Crippen LogP contribution is 2.25. The fourth-order valence-corrected chi connectivity index (χ4v) is 2.92. The summed E-state index contributed by atoms with van der Waals surface area (Å²) in [6.45, 7) is 6.40. The lowest BCUT2D eigenvalue weighted by atomic mass is 10.0. The predicted molar refractivity (Wildman–Crippen MR) is 84.4 cm³/mol. The van der Waals surface area contributed by atoms with Crippen LogP contribution in [-0.4, -0.2) is 51.9 Å². The van der Waals surface area contributed by atoms with Crippen LogP contribution >= 0.6 is 0 Å². The Morgan fingerprint density at radius 3 is 2.64 bits per heavy atom.